The molecule has 2 aromatic rings. The van der Waals surface area contributed by atoms with Crippen molar-refractivity contribution in [1.29, 1.82) is 0 Å². The summed E-state index contributed by atoms with van der Waals surface area (Å²) in [5, 5.41) is 13.7. The Morgan fingerprint density at radius 3 is 2.52 bits per heavy atom. The van der Waals surface area contributed by atoms with Crippen molar-refractivity contribution in [2.75, 3.05) is 25.6 Å². The van der Waals surface area contributed by atoms with Crippen molar-refractivity contribution in [1.82, 2.24) is 0 Å². The van der Waals surface area contributed by atoms with Crippen molar-refractivity contribution >= 4 is 11.4 Å². The summed E-state index contributed by atoms with van der Waals surface area (Å²) >= 11 is 0. The summed E-state index contributed by atoms with van der Waals surface area (Å²) in [6.07, 6.45) is 0. The average Bonchev–Trinajstić information content (AvgIpc) is 2.52. The predicted octanol–water partition coefficient (Wildman–Crippen LogP) is 3.09. The topological polar surface area (TPSA) is 73.6 Å². The van der Waals surface area contributed by atoms with Crippen molar-refractivity contribution in [3.63, 3.8) is 0 Å². The molecule has 0 bridgehead atoms. The maximum Gasteiger partial charge on any atom is 0.271 e. The number of ether oxygens (including phenoxy) is 2. The number of nitrogens with one attached hydrogen (secondary N) is 1. The summed E-state index contributed by atoms with van der Waals surface area (Å²) in [5.74, 6) is 1.52. The Morgan fingerprint density at radius 1 is 1.14 bits per heavy atom. The van der Waals surface area contributed by atoms with Gasteiger partial charge in [0.05, 0.1) is 12.0 Å². The molecule has 0 spiro atoms. The van der Waals surface area contributed by atoms with E-state index >= 15 is 0 Å². The molecule has 0 aliphatic heterocycles. The molecule has 0 fully saturated rings. The summed E-state index contributed by atoms with van der Waals surface area (Å²) in [6.45, 7) is 1.00. The van der Waals surface area contributed by atoms with Crippen LogP contribution in [0.25, 0.3) is 0 Å². The molecule has 1 N–H and O–H groups in total. The van der Waals surface area contributed by atoms with E-state index in [1.165, 1.54) is 12.1 Å². The molecule has 0 saturated heterocycles. The molecular formula is C15H16N2O4. The van der Waals surface area contributed by atoms with Crippen molar-refractivity contribution in [2.24, 2.45) is 0 Å². The van der Waals surface area contributed by atoms with Gasteiger partial charge in [-0.2, -0.15) is 0 Å². The number of nitrogens with zero attached hydrogens (tertiary/aromatic N) is 1. The Bertz CT molecular complexity index is 599. The van der Waals surface area contributed by atoms with Gasteiger partial charge in [0.2, 0.25) is 0 Å². The zero-order chi connectivity index (χ0) is 15.1. The lowest BCUT2D eigenvalue weighted by atomic mass is 10.3. The fourth-order valence-electron chi connectivity index (χ4n) is 1.77. The Labute approximate surface area is 122 Å². The van der Waals surface area contributed by atoms with Gasteiger partial charge in [0.25, 0.3) is 5.69 Å². The van der Waals surface area contributed by atoms with Crippen LogP contribution < -0.4 is 14.8 Å². The summed E-state index contributed by atoms with van der Waals surface area (Å²) in [6, 6.07) is 13.7. The van der Waals surface area contributed by atoms with Gasteiger partial charge in [0.15, 0.2) is 0 Å². The zero-order valence-electron chi connectivity index (χ0n) is 11.6. The minimum Gasteiger partial charge on any atom is -0.497 e. The van der Waals surface area contributed by atoms with E-state index in [9.17, 15) is 10.1 Å². The molecule has 0 heterocycles. The predicted molar refractivity (Wildman–Crippen MR) is 80.1 cm³/mol. The van der Waals surface area contributed by atoms with Gasteiger partial charge in [-0.15, -0.1) is 0 Å². The molecule has 21 heavy (non-hydrogen) atoms. The lowest BCUT2D eigenvalue weighted by Gasteiger charge is -2.09. The molecule has 0 unspecified atom stereocenters. The smallest absolute Gasteiger partial charge is 0.271 e. The summed E-state index contributed by atoms with van der Waals surface area (Å²) in [5.41, 5.74) is 0.763. The number of anilines is 1. The van der Waals surface area contributed by atoms with Gasteiger partial charge < -0.3 is 14.8 Å². The van der Waals surface area contributed by atoms with E-state index in [1.807, 2.05) is 24.3 Å². The van der Waals surface area contributed by atoms with E-state index in [0.29, 0.717) is 18.8 Å². The minimum atomic E-state index is -0.418. The van der Waals surface area contributed by atoms with Gasteiger partial charge in [-0.3, -0.25) is 10.1 Å². The molecule has 0 radical (unpaired) electrons. The lowest BCUT2D eigenvalue weighted by Crippen LogP contribution is -2.11. The Hall–Kier alpha value is -2.76. The molecule has 0 saturated carbocycles. The molecule has 2 aromatic carbocycles. The number of rotatable bonds is 7. The van der Waals surface area contributed by atoms with Crippen LogP contribution in [0.5, 0.6) is 11.5 Å². The zero-order valence-corrected chi connectivity index (χ0v) is 11.6. The first-order valence-electron chi connectivity index (χ1n) is 6.44. The van der Waals surface area contributed by atoms with Gasteiger partial charge in [-0.05, 0) is 30.3 Å². The highest BCUT2D eigenvalue weighted by atomic mass is 16.6. The summed E-state index contributed by atoms with van der Waals surface area (Å²) < 4.78 is 10.6. The number of methoxy groups -OCH3 is 1. The van der Waals surface area contributed by atoms with Crippen molar-refractivity contribution in [3.05, 3.63) is 58.6 Å². The van der Waals surface area contributed by atoms with Crippen molar-refractivity contribution in [2.45, 2.75) is 0 Å². The maximum absolute atomic E-state index is 10.7. The quantitative estimate of drug-likeness (QED) is 0.481. The van der Waals surface area contributed by atoms with Crippen LogP contribution in [-0.4, -0.2) is 25.2 Å². The molecule has 0 aliphatic carbocycles. The Balaban J connectivity index is 1.78. The third kappa shape index (κ3) is 4.38. The van der Waals surface area contributed by atoms with Crippen LogP contribution in [0, 0.1) is 10.1 Å². The van der Waals surface area contributed by atoms with Crippen molar-refractivity contribution in [3.8, 4) is 11.5 Å². The van der Waals surface area contributed by atoms with Crippen LogP contribution in [0.15, 0.2) is 48.5 Å². The largest absolute Gasteiger partial charge is 0.497 e. The van der Waals surface area contributed by atoms with Gasteiger partial charge in [-0.1, -0.05) is 6.07 Å². The molecule has 0 amide bonds. The third-order valence-electron chi connectivity index (χ3n) is 2.82. The second kappa shape index (κ2) is 7.14. The number of hydrogen-bond donors (Lipinski definition) is 1. The standard InChI is InChI=1S/C15H16N2O4/c1-20-14-5-7-15(8-6-14)21-10-9-16-12-3-2-4-13(11-12)17(18)19/h2-8,11,16H,9-10H2,1H3. The van der Waals surface area contributed by atoms with E-state index < -0.39 is 4.92 Å². The first kappa shape index (κ1) is 14.6. The number of non-ortho nitro benzene ring substituents is 1. The lowest BCUT2D eigenvalue weighted by molar-refractivity contribution is -0.384. The van der Waals surface area contributed by atoms with Gasteiger partial charge in [0.1, 0.15) is 18.1 Å². The van der Waals surface area contributed by atoms with Crippen LogP contribution >= 0.6 is 0 Å². The van der Waals surface area contributed by atoms with E-state index in [2.05, 4.69) is 5.32 Å². The highest BCUT2D eigenvalue weighted by Crippen LogP contribution is 2.18. The van der Waals surface area contributed by atoms with E-state index in [-0.39, 0.29) is 5.69 Å². The molecule has 2 rings (SSSR count). The molecule has 6 heteroatoms. The van der Waals surface area contributed by atoms with E-state index in [1.54, 1.807) is 19.2 Å². The highest BCUT2D eigenvalue weighted by Gasteiger charge is 2.04. The average molecular weight is 288 g/mol. The first-order chi connectivity index (χ1) is 10.2. The number of benzene rings is 2. The number of nitro benzene ring substituents is 1. The van der Waals surface area contributed by atoms with Crippen LogP contribution in [0.1, 0.15) is 0 Å². The molecule has 0 atom stereocenters. The minimum absolute atomic E-state index is 0.0658. The fourth-order valence-corrected chi connectivity index (χ4v) is 1.77. The third-order valence-corrected chi connectivity index (χ3v) is 2.82. The second-order valence-electron chi connectivity index (χ2n) is 4.26. The van der Waals surface area contributed by atoms with Gasteiger partial charge in [0, 0.05) is 24.4 Å². The Morgan fingerprint density at radius 2 is 1.86 bits per heavy atom. The number of nitro groups is 1. The maximum atomic E-state index is 10.7. The van der Waals surface area contributed by atoms with Crippen LogP contribution in [-0.2, 0) is 0 Å². The second-order valence-corrected chi connectivity index (χ2v) is 4.26. The van der Waals surface area contributed by atoms with E-state index in [0.717, 1.165) is 11.5 Å². The van der Waals surface area contributed by atoms with Crippen molar-refractivity contribution < 1.29 is 14.4 Å². The first-order valence-corrected chi connectivity index (χ1v) is 6.44. The monoisotopic (exact) mass is 288 g/mol. The SMILES string of the molecule is COc1ccc(OCCNc2cccc([N+](=O)[O-])c2)cc1. The summed E-state index contributed by atoms with van der Waals surface area (Å²) in [7, 11) is 1.61. The van der Waals surface area contributed by atoms with Crippen LogP contribution in [0.4, 0.5) is 11.4 Å². The molecule has 6 nitrogen and oxygen atoms in total. The normalized spacial score (nSPS) is 9.95. The number of hydrogen-bond acceptors (Lipinski definition) is 5. The van der Waals surface area contributed by atoms with Crippen LogP contribution in [0.3, 0.4) is 0 Å². The van der Waals surface area contributed by atoms with E-state index in [4.69, 9.17) is 9.47 Å². The Kier molecular flexibility index (Phi) is 4.98. The molecule has 0 aliphatic rings. The molecular weight excluding hydrogens is 272 g/mol. The molecule has 0 aromatic heterocycles. The van der Waals surface area contributed by atoms with Crippen LogP contribution in [0.2, 0.25) is 0 Å². The van der Waals surface area contributed by atoms with Gasteiger partial charge >= 0.3 is 0 Å². The van der Waals surface area contributed by atoms with Gasteiger partial charge in [-0.25, -0.2) is 0 Å². The molecule has 110 valence electrons. The highest BCUT2D eigenvalue weighted by molar-refractivity contribution is 5.50. The summed E-state index contributed by atoms with van der Waals surface area (Å²) in [4.78, 5) is 10.2. The fraction of sp³-hybridized carbons (Fsp3) is 0.200.